The number of benzene rings is 1. The van der Waals surface area contributed by atoms with Crippen LogP contribution in [0.5, 0.6) is 0 Å². The van der Waals surface area contributed by atoms with Crippen LogP contribution in [0.15, 0.2) is 49.1 Å². The number of halogens is 3. The molecule has 3 heterocycles. The highest BCUT2D eigenvalue weighted by molar-refractivity contribution is 7.15. The second kappa shape index (κ2) is 7.99. The molecular formula is C20H17F3N6OS. The summed E-state index contributed by atoms with van der Waals surface area (Å²) in [6.45, 7) is 1.82. The van der Waals surface area contributed by atoms with Crippen LogP contribution in [-0.4, -0.2) is 25.4 Å². The van der Waals surface area contributed by atoms with Crippen molar-refractivity contribution in [2.24, 2.45) is 7.05 Å². The fraction of sp³-hybridized carbons (Fsp3) is 0.200. The number of hydrogen-bond donors (Lipinski definition) is 2. The average Bonchev–Trinajstić information content (AvgIpc) is 3.34. The van der Waals surface area contributed by atoms with Gasteiger partial charge >= 0.3 is 6.18 Å². The van der Waals surface area contributed by atoms with Crippen LogP contribution < -0.4 is 10.6 Å². The lowest BCUT2D eigenvalue weighted by atomic mass is 10.2. The molecule has 4 rings (SSSR count). The van der Waals surface area contributed by atoms with Gasteiger partial charge in [-0.15, -0.1) is 0 Å². The summed E-state index contributed by atoms with van der Waals surface area (Å²) in [5.41, 5.74) is 1.55. The number of fused-ring (bicyclic) bond motifs is 1. The third-order valence-electron chi connectivity index (χ3n) is 4.61. The molecule has 2 N–H and O–H groups in total. The number of pyridine rings is 1. The van der Waals surface area contributed by atoms with Crippen LogP contribution in [0.3, 0.4) is 0 Å². The SMILES string of the molecule is CC(NC(=O)c1cc2c(cn1)ncn2C)c1cnc(Nc2ccc(C(F)(F)F)cc2)s1. The topological polar surface area (TPSA) is 84.7 Å². The van der Waals surface area contributed by atoms with Gasteiger partial charge < -0.3 is 15.2 Å². The third-order valence-corrected chi connectivity index (χ3v) is 5.70. The fourth-order valence-electron chi connectivity index (χ4n) is 2.91. The van der Waals surface area contributed by atoms with Crippen molar-refractivity contribution in [1.29, 1.82) is 0 Å². The van der Waals surface area contributed by atoms with E-state index in [0.29, 0.717) is 16.3 Å². The Labute approximate surface area is 179 Å². The molecule has 0 saturated heterocycles. The van der Waals surface area contributed by atoms with Gasteiger partial charge in [0.05, 0.1) is 29.6 Å². The zero-order valence-corrected chi connectivity index (χ0v) is 17.3. The van der Waals surface area contributed by atoms with Crippen molar-refractivity contribution < 1.29 is 18.0 Å². The minimum atomic E-state index is -4.38. The lowest BCUT2D eigenvalue weighted by Gasteiger charge is -2.11. The van der Waals surface area contributed by atoms with Crippen LogP contribution in [0, 0.1) is 0 Å². The highest BCUT2D eigenvalue weighted by atomic mass is 32.1. The zero-order chi connectivity index (χ0) is 22.2. The summed E-state index contributed by atoms with van der Waals surface area (Å²) in [6.07, 6.45) is 0.434. The molecule has 0 fully saturated rings. The molecule has 0 saturated carbocycles. The van der Waals surface area contributed by atoms with Gasteiger partial charge in [-0.2, -0.15) is 13.2 Å². The predicted molar refractivity (Wildman–Crippen MR) is 111 cm³/mol. The quantitative estimate of drug-likeness (QED) is 0.465. The highest BCUT2D eigenvalue weighted by Gasteiger charge is 2.30. The Morgan fingerprint density at radius 1 is 1.13 bits per heavy atom. The summed E-state index contributed by atoms with van der Waals surface area (Å²) in [5.74, 6) is -0.332. The molecule has 7 nitrogen and oxygen atoms in total. The molecular weight excluding hydrogens is 429 g/mol. The lowest BCUT2D eigenvalue weighted by molar-refractivity contribution is -0.137. The second-order valence-electron chi connectivity index (χ2n) is 6.88. The van der Waals surface area contributed by atoms with Gasteiger partial charge in [0.1, 0.15) is 11.2 Å². The van der Waals surface area contributed by atoms with Gasteiger partial charge in [0.15, 0.2) is 5.13 Å². The standard InChI is InChI=1S/C20H17F3N6OS/c1-11(27-18(30)14-7-16-15(8-24-14)26-10-29(16)2)17-9-25-19(31-17)28-13-5-3-12(4-6-13)20(21,22)23/h3-11H,1-2H3,(H,25,28)(H,27,30). The minimum absolute atomic E-state index is 0.274. The van der Waals surface area contributed by atoms with Crippen LogP contribution >= 0.6 is 11.3 Å². The van der Waals surface area contributed by atoms with E-state index in [1.54, 1.807) is 29.4 Å². The third kappa shape index (κ3) is 4.50. The first-order valence-electron chi connectivity index (χ1n) is 9.18. The Morgan fingerprint density at radius 3 is 2.58 bits per heavy atom. The van der Waals surface area contributed by atoms with Gasteiger partial charge in [0.2, 0.25) is 0 Å². The van der Waals surface area contributed by atoms with Crippen molar-refractivity contribution in [2.45, 2.75) is 19.1 Å². The van der Waals surface area contributed by atoms with E-state index in [-0.39, 0.29) is 17.6 Å². The summed E-state index contributed by atoms with van der Waals surface area (Å²) in [6, 6.07) is 6.04. The molecule has 31 heavy (non-hydrogen) atoms. The summed E-state index contributed by atoms with van der Waals surface area (Å²) >= 11 is 1.30. The molecule has 0 bridgehead atoms. The summed E-state index contributed by atoms with van der Waals surface area (Å²) < 4.78 is 39.8. The van der Waals surface area contributed by atoms with Gasteiger partial charge in [-0.1, -0.05) is 11.3 Å². The molecule has 0 spiro atoms. The number of amides is 1. The molecule has 0 aliphatic rings. The van der Waals surface area contributed by atoms with Gasteiger partial charge in [0, 0.05) is 23.8 Å². The van der Waals surface area contributed by atoms with E-state index < -0.39 is 11.7 Å². The van der Waals surface area contributed by atoms with E-state index >= 15 is 0 Å². The van der Waals surface area contributed by atoms with Crippen molar-refractivity contribution in [3.8, 4) is 0 Å². The number of carbonyl (C=O) groups is 1. The molecule has 1 unspecified atom stereocenters. The van der Waals surface area contributed by atoms with Crippen molar-refractivity contribution in [3.05, 3.63) is 65.2 Å². The number of nitrogens with one attached hydrogen (secondary N) is 2. The average molecular weight is 446 g/mol. The van der Waals surface area contributed by atoms with Crippen molar-refractivity contribution in [1.82, 2.24) is 24.8 Å². The Balaban J connectivity index is 1.42. The van der Waals surface area contributed by atoms with Gasteiger partial charge in [-0.05, 0) is 37.3 Å². The van der Waals surface area contributed by atoms with Crippen LogP contribution in [0.1, 0.15) is 33.9 Å². The van der Waals surface area contributed by atoms with E-state index in [2.05, 4.69) is 25.6 Å². The van der Waals surface area contributed by atoms with Gasteiger partial charge in [0.25, 0.3) is 5.91 Å². The van der Waals surface area contributed by atoms with Crippen LogP contribution in [0.25, 0.3) is 11.0 Å². The Morgan fingerprint density at radius 2 is 1.87 bits per heavy atom. The Hall–Kier alpha value is -3.47. The normalized spacial score (nSPS) is 12.7. The Bertz CT molecular complexity index is 1230. The molecule has 160 valence electrons. The number of alkyl halides is 3. The highest BCUT2D eigenvalue weighted by Crippen LogP contribution is 2.31. The predicted octanol–water partition coefficient (Wildman–Crippen LogP) is 4.68. The Kier molecular flexibility index (Phi) is 5.36. The van der Waals surface area contributed by atoms with Gasteiger partial charge in [-0.25, -0.2) is 15.0 Å². The molecule has 4 aromatic rings. The number of hydrogen-bond acceptors (Lipinski definition) is 6. The molecule has 3 aromatic heterocycles. The number of aryl methyl sites for hydroxylation is 1. The first kappa shape index (κ1) is 20.8. The number of anilines is 2. The summed E-state index contributed by atoms with van der Waals surface area (Å²) in [5, 5.41) is 6.35. The molecule has 1 atom stereocenters. The van der Waals surface area contributed by atoms with E-state index in [1.807, 2.05) is 14.0 Å². The monoisotopic (exact) mass is 446 g/mol. The maximum absolute atomic E-state index is 12.7. The summed E-state index contributed by atoms with van der Waals surface area (Å²) in [7, 11) is 1.84. The summed E-state index contributed by atoms with van der Waals surface area (Å²) in [4.78, 5) is 25.9. The number of carbonyl (C=O) groups excluding carboxylic acids is 1. The molecule has 0 aliphatic carbocycles. The van der Waals surface area contributed by atoms with Crippen LogP contribution in [0.2, 0.25) is 0 Å². The maximum Gasteiger partial charge on any atom is 0.416 e. The van der Waals surface area contributed by atoms with Crippen molar-refractivity contribution in [2.75, 3.05) is 5.32 Å². The van der Waals surface area contributed by atoms with Crippen molar-refractivity contribution in [3.63, 3.8) is 0 Å². The van der Waals surface area contributed by atoms with Crippen molar-refractivity contribution >= 4 is 39.1 Å². The molecule has 11 heteroatoms. The number of rotatable bonds is 5. The number of thiazole rings is 1. The van der Waals surface area contributed by atoms with Crippen LogP contribution in [-0.2, 0) is 13.2 Å². The van der Waals surface area contributed by atoms with E-state index in [1.165, 1.54) is 23.5 Å². The molecule has 1 aromatic carbocycles. The lowest BCUT2D eigenvalue weighted by Crippen LogP contribution is -2.26. The minimum Gasteiger partial charge on any atom is -0.343 e. The largest absolute Gasteiger partial charge is 0.416 e. The smallest absolute Gasteiger partial charge is 0.343 e. The van der Waals surface area contributed by atoms with Gasteiger partial charge in [-0.3, -0.25) is 4.79 Å². The van der Waals surface area contributed by atoms with Crippen LogP contribution in [0.4, 0.5) is 24.0 Å². The molecule has 0 aliphatic heterocycles. The number of aromatic nitrogens is 4. The number of nitrogens with zero attached hydrogens (tertiary/aromatic N) is 4. The second-order valence-corrected chi connectivity index (χ2v) is 7.94. The molecule has 0 radical (unpaired) electrons. The first-order chi connectivity index (χ1) is 14.7. The van der Waals surface area contributed by atoms with E-state index in [0.717, 1.165) is 22.5 Å². The first-order valence-corrected chi connectivity index (χ1v) is 10.0. The molecule has 1 amide bonds. The fourth-order valence-corrected chi connectivity index (χ4v) is 3.75. The van der Waals surface area contributed by atoms with E-state index in [9.17, 15) is 18.0 Å². The van der Waals surface area contributed by atoms with E-state index in [4.69, 9.17) is 0 Å². The maximum atomic E-state index is 12.7. The number of imidazole rings is 1. The zero-order valence-electron chi connectivity index (χ0n) is 16.4.